The van der Waals surface area contributed by atoms with E-state index in [2.05, 4.69) is 15.3 Å². The molecule has 126 valence electrons. The number of hydrogen-bond acceptors (Lipinski definition) is 2. The Morgan fingerprint density at radius 2 is 1.92 bits per heavy atom. The Bertz CT molecular complexity index is 707. The highest BCUT2D eigenvalue weighted by Crippen LogP contribution is 2.50. The zero-order chi connectivity index (χ0) is 17.0. The second-order valence-corrected chi connectivity index (χ2v) is 6.08. The summed E-state index contributed by atoms with van der Waals surface area (Å²) in [6.45, 7) is 0.890. The zero-order valence-corrected chi connectivity index (χ0v) is 13.3. The van der Waals surface area contributed by atoms with Gasteiger partial charge in [-0.15, -0.1) is 0 Å². The lowest BCUT2D eigenvalue weighted by molar-refractivity contribution is 0.517. The van der Waals surface area contributed by atoms with Crippen LogP contribution in [0.15, 0.2) is 47.6 Å². The number of halogens is 2. The highest BCUT2D eigenvalue weighted by atomic mass is 19.1. The summed E-state index contributed by atoms with van der Waals surface area (Å²) < 4.78 is 27.9. The molecular formula is C18H20F2N4. The second kappa shape index (κ2) is 6.95. The lowest BCUT2D eigenvalue weighted by Gasteiger charge is -2.15. The Morgan fingerprint density at radius 3 is 2.54 bits per heavy atom. The molecule has 1 saturated carbocycles. The van der Waals surface area contributed by atoms with Gasteiger partial charge in [0, 0.05) is 35.8 Å². The molecular weight excluding hydrogens is 310 g/mol. The van der Waals surface area contributed by atoms with E-state index in [1.165, 1.54) is 18.2 Å². The Morgan fingerprint density at radius 1 is 1.17 bits per heavy atom. The summed E-state index contributed by atoms with van der Waals surface area (Å²) in [7, 11) is 0. The number of rotatable bonds is 6. The first kappa shape index (κ1) is 16.4. The summed E-state index contributed by atoms with van der Waals surface area (Å²) in [6, 6.07) is 9.69. The number of nitrogens with two attached hydrogens (primary N) is 1. The molecule has 0 aliphatic heterocycles. The van der Waals surface area contributed by atoms with Crippen LogP contribution in [-0.2, 0) is 11.8 Å². The second-order valence-electron chi connectivity index (χ2n) is 6.08. The van der Waals surface area contributed by atoms with Crippen LogP contribution in [0.1, 0.15) is 24.1 Å². The summed E-state index contributed by atoms with van der Waals surface area (Å²) in [5.41, 5.74) is 6.40. The first-order valence-electron chi connectivity index (χ1n) is 7.99. The predicted molar refractivity (Wildman–Crippen MR) is 89.7 cm³/mol. The van der Waals surface area contributed by atoms with Crippen molar-refractivity contribution in [2.24, 2.45) is 10.7 Å². The number of aromatic nitrogens is 1. The van der Waals surface area contributed by atoms with Crippen molar-refractivity contribution in [2.75, 3.05) is 13.1 Å². The van der Waals surface area contributed by atoms with E-state index < -0.39 is 17.0 Å². The molecule has 24 heavy (non-hydrogen) atoms. The van der Waals surface area contributed by atoms with Crippen molar-refractivity contribution in [2.45, 2.75) is 24.7 Å². The van der Waals surface area contributed by atoms with Gasteiger partial charge >= 0.3 is 0 Å². The molecule has 3 rings (SSSR count). The third kappa shape index (κ3) is 3.69. The van der Waals surface area contributed by atoms with Crippen molar-refractivity contribution in [1.82, 2.24) is 10.3 Å². The minimum Gasteiger partial charge on any atom is -0.370 e. The highest BCUT2D eigenvalue weighted by molar-refractivity contribution is 5.77. The molecule has 1 aliphatic rings. The third-order valence-corrected chi connectivity index (χ3v) is 4.31. The average Bonchev–Trinajstić information content (AvgIpc) is 3.35. The summed E-state index contributed by atoms with van der Waals surface area (Å²) in [6.07, 6.45) is 3.90. The fraction of sp³-hybridized carbons (Fsp3) is 0.333. The molecule has 1 aromatic carbocycles. The van der Waals surface area contributed by atoms with E-state index in [0.29, 0.717) is 6.54 Å². The summed E-state index contributed by atoms with van der Waals surface area (Å²) in [4.78, 5) is 8.50. The van der Waals surface area contributed by atoms with E-state index in [1.807, 2.05) is 18.2 Å². The highest BCUT2D eigenvalue weighted by Gasteiger charge is 2.47. The van der Waals surface area contributed by atoms with Gasteiger partial charge in [-0.3, -0.25) is 9.98 Å². The van der Waals surface area contributed by atoms with Crippen LogP contribution in [0.5, 0.6) is 0 Å². The van der Waals surface area contributed by atoms with Gasteiger partial charge in [-0.2, -0.15) is 0 Å². The van der Waals surface area contributed by atoms with Crippen LogP contribution in [-0.4, -0.2) is 24.0 Å². The minimum atomic E-state index is -0.553. The molecule has 1 aliphatic carbocycles. The molecule has 0 saturated heterocycles. The number of aliphatic imine (C=N–C) groups is 1. The van der Waals surface area contributed by atoms with Gasteiger partial charge in [-0.25, -0.2) is 8.78 Å². The Labute approximate surface area is 139 Å². The van der Waals surface area contributed by atoms with Gasteiger partial charge in [-0.1, -0.05) is 12.1 Å². The normalized spacial score (nSPS) is 16.0. The number of benzene rings is 1. The third-order valence-electron chi connectivity index (χ3n) is 4.31. The standard InChI is InChI=1S/C18H20F2N4/c19-14-5-3-6-15(20)16(14)18(8-9-18)12-24-17(21)23-11-7-13-4-1-2-10-22-13/h1-6,10H,7-9,11-12H2,(H3,21,23,24). The van der Waals surface area contributed by atoms with Gasteiger partial charge in [0.25, 0.3) is 0 Å². The molecule has 4 nitrogen and oxygen atoms in total. The van der Waals surface area contributed by atoms with E-state index >= 15 is 0 Å². The van der Waals surface area contributed by atoms with Crippen LogP contribution in [0.4, 0.5) is 8.78 Å². The van der Waals surface area contributed by atoms with Crippen molar-refractivity contribution in [3.8, 4) is 0 Å². The maximum absolute atomic E-state index is 14.0. The van der Waals surface area contributed by atoms with Gasteiger partial charge in [0.1, 0.15) is 11.6 Å². The first-order valence-corrected chi connectivity index (χ1v) is 7.99. The molecule has 1 aromatic heterocycles. The number of hydrogen-bond donors (Lipinski definition) is 2. The zero-order valence-electron chi connectivity index (χ0n) is 13.3. The van der Waals surface area contributed by atoms with Crippen LogP contribution >= 0.6 is 0 Å². The molecule has 0 spiro atoms. The fourth-order valence-electron chi connectivity index (χ4n) is 2.80. The molecule has 6 heteroatoms. The van der Waals surface area contributed by atoms with Gasteiger partial charge in [-0.05, 0) is 37.1 Å². The van der Waals surface area contributed by atoms with Crippen LogP contribution in [0, 0.1) is 11.6 Å². The fourth-order valence-corrected chi connectivity index (χ4v) is 2.80. The minimum absolute atomic E-state index is 0.134. The number of guanidine groups is 1. The van der Waals surface area contributed by atoms with Crippen LogP contribution in [0.25, 0.3) is 0 Å². The molecule has 0 radical (unpaired) electrons. The van der Waals surface area contributed by atoms with Crippen LogP contribution in [0.3, 0.4) is 0 Å². The molecule has 0 bridgehead atoms. The van der Waals surface area contributed by atoms with E-state index in [9.17, 15) is 8.78 Å². The summed E-state index contributed by atoms with van der Waals surface area (Å²) >= 11 is 0. The monoisotopic (exact) mass is 330 g/mol. The lowest BCUT2D eigenvalue weighted by atomic mass is 9.95. The Balaban J connectivity index is 1.57. The Kier molecular flexibility index (Phi) is 4.74. The molecule has 2 aromatic rings. The average molecular weight is 330 g/mol. The van der Waals surface area contributed by atoms with Gasteiger partial charge < -0.3 is 11.1 Å². The van der Waals surface area contributed by atoms with Crippen molar-refractivity contribution in [3.63, 3.8) is 0 Å². The SMILES string of the molecule is NC(=NCC1(c2c(F)cccc2F)CC1)NCCc1ccccn1. The van der Waals surface area contributed by atoms with Crippen molar-refractivity contribution >= 4 is 5.96 Å². The van der Waals surface area contributed by atoms with Crippen molar-refractivity contribution in [3.05, 3.63) is 65.5 Å². The summed E-state index contributed by atoms with van der Waals surface area (Å²) in [5.74, 6) is -0.734. The van der Waals surface area contributed by atoms with Gasteiger partial charge in [0.2, 0.25) is 0 Å². The number of pyridine rings is 1. The molecule has 0 atom stereocenters. The lowest BCUT2D eigenvalue weighted by Crippen LogP contribution is -2.34. The number of nitrogens with one attached hydrogen (secondary N) is 1. The maximum Gasteiger partial charge on any atom is 0.188 e. The molecule has 0 unspecified atom stereocenters. The molecule has 0 amide bonds. The van der Waals surface area contributed by atoms with Crippen molar-refractivity contribution < 1.29 is 8.78 Å². The maximum atomic E-state index is 14.0. The predicted octanol–water partition coefficient (Wildman–Crippen LogP) is 2.54. The molecule has 1 heterocycles. The van der Waals surface area contributed by atoms with Crippen LogP contribution < -0.4 is 11.1 Å². The van der Waals surface area contributed by atoms with E-state index in [4.69, 9.17) is 5.73 Å². The first-order chi connectivity index (χ1) is 11.6. The molecule has 3 N–H and O–H groups in total. The summed E-state index contributed by atoms with van der Waals surface area (Å²) in [5, 5.41) is 3.01. The largest absolute Gasteiger partial charge is 0.370 e. The molecule has 1 fully saturated rings. The Hall–Kier alpha value is -2.50. The quantitative estimate of drug-likeness (QED) is 0.632. The smallest absolute Gasteiger partial charge is 0.188 e. The van der Waals surface area contributed by atoms with Crippen molar-refractivity contribution in [1.29, 1.82) is 0 Å². The van der Waals surface area contributed by atoms with Gasteiger partial charge in [0.05, 0.1) is 6.54 Å². The van der Waals surface area contributed by atoms with Crippen LogP contribution in [0.2, 0.25) is 0 Å². The topological polar surface area (TPSA) is 63.3 Å². The number of nitrogens with zero attached hydrogens (tertiary/aromatic N) is 2. The van der Waals surface area contributed by atoms with Gasteiger partial charge in [0.15, 0.2) is 5.96 Å². The van der Waals surface area contributed by atoms with E-state index in [1.54, 1.807) is 6.20 Å². The van der Waals surface area contributed by atoms with E-state index in [0.717, 1.165) is 25.0 Å². The van der Waals surface area contributed by atoms with E-state index in [-0.39, 0.29) is 18.1 Å².